The average molecular weight is 436 g/mol. The van der Waals surface area contributed by atoms with Gasteiger partial charge >= 0.3 is 5.97 Å². The summed E-state index contributed by atoms with van der Waals surface area (Å²) in [6.45, 7) is 1.32. The number of nitrogens with zero attached hydrogens (tertiary/aromatic N) is 3. The molecule has 4 rings (SSSR count). The van der Waals surface area contributed by atoms with Gasteiger partial charge in [0, 0.05) is 31.4 Å². The maximum atomic E-state index is 13.0. The first kappa shape index (κ1) is 21.1. The van der Waals surface area contributed by atoms with Crippen molar-refractivity contribution in [2.45, 2.75) is 57.0 Å². The molecule has 1 saturated carbocycles. The number of hydrogen-bond acceptors (Lipinski definition) is 7. The summed E-state index contributed by atoms with van der Waals surface area (Å²) in [6.07, 6.45) is 8.04. The summed E-state index contributed by atoms with van der Waals surface area (Å²) < 4.78 is 29.3. The van der Waals surface area contributed by atoms with Gasteiger partial charge in [0.05, 0.1) is 11.5 Å². The summed E-state index contributed by atoms with van der Waals surface area (Å²) in [5.74, 6) is -0.150. The number of carbonyl (C=O) groups excluding carboxylic acids is 2. The van der Waals surface area contributed by atoms with Crippen molar-refractivity contribution in [3.8, 4) is 0 Å². The van der Waals surface area contributed by atoms with Gasteiger partial charge in [0.15, 0.2) is 16.4 Å². The van der Waals surface area contributed by atoms with E-state index in [2.05, 4.69) is 9.88 Å². The number of anilines is 1. The highest BCUT2D eigenvalue weighted by molar-refractivity contribution is 7.91. The zero-order valence-electron chi connectivity index (χ0n) is 17.2. The van der Waals surface area contributed by atoms with Crippen molar-refractivity contribution < 1.29 is 22.7 Å². The van der Waals surface area contributed by atoms with E-state index in [1.54, 1.807) is 23.2 Å². The molecule has 3 fully saturated rings. The SMILES string of the molecule is O=C(OCC(=O)N(C1CCCC1)[C@@H]1CCS(=O)(=O)C1)c1cccnc1N1CCCC1. The fraction of sp³-hybridized carbons (Fsp3) is 0.667. The molecule has 3 aliphatic rings. The van der Waals surface area contributed by atoms with Crippen LogP contribution in [0, 0.1) is 0 Å². The minimum Gasteiger partial charge on any atom is -0.452 e. The normalized spacial score (nSPS) is 23.6. The molecule has 3 heterocycles. The number of amides is 1. The lowest BCUT2D eigenvalue weighted by Gasteiger charge is -2.33. The lowest BCUT2D eigenvalue weighted by Crippen LogP contribution is -2.48. The number of esters is 1. The van der Waals surface area contributed by atoms with Crippen LogP contribution in [0.3, 0.4) is 0 Å². The zero-order chi connectivity index (χ0) is 21.1. The van der Waals surface area contributed by atoms with Crippen LogP contribution in [0.1, 0.15) is 55.3 Å². The summed E-state index contributed by atoms with van der Waals surface area (Å²) in [5, 5.41) is 0. The number of ether oxygens (including phenoxy) is 1. The number of pyridine rings is 1. The molecule has 0 radical (unpaired) electrons. The van der Waals surface area contributed by atoms with Crippen LogP contribution in [-0.4, -0.2) is 73.5 Å². The quantitative estimate of drug-likeness (QED) is 0.629. The minimum atomic E-state index is -3.11. The van der Waals surface area contributed by atoms with E-state index in [4.69, 9.17) is 4.74 Å². The smallest absolute Gasteiger partial charge is 0.342 e. The molecular formula is C21H29N3O5S. The fourth-order valence-corrected chi connectivity index (χ4v) is 6.61. The third kappa shape index (κ3) is 4.61. The van der Waals surface area contributed by atoms with Crippen molar-refractivity contribution in [3.63, 3.8) is 0 Å². The molecule has 164 valence electrons. The highest BCUT2D eigenvalue weighted by Crippen LogP contribution is 2.29. The van der Waals surface area contributed by atoms with E-state index in [0.29, 0.717) is 17.8 Å². The number of rotatable bonds is 6. The molecule has 1 aromatic heterocycles. The largest absolute Gasteiger partial charge is 0.452 e. The Balaban J connectivity index is 1.44. The molecule has 2 saturated heterocycles. The van der Waals surface area contributed by atoms with Gasteiger partial charge in [-0.3, -0.25) is 4.79 Å². The van der Waals surface area contributed by atoms with Crippen LogP contribution < -0.4 is 4.90 Å². The van der Waals surface area contributed by atoms with Crippen LogP contribution in [0.4, 0.5) is 5.82 Å². The second kappa shape index (κ2) is 8.91. The van der Waals surface area contributed by atoms with Gasteiger partial charge in [0.25, 0.3) is 5.91 Å². The summed E-state index contributed by atoms with van der Waals surface area (Å²) in [7, 11) is -3.11. The van der Waals surface area contributed by atoms with Crippen LogP contribution >= 0.6 is 0 Å². The molecule has 30 heavy (non-hydrogen) atoms. The number of aromatic nitrogens is 1. The summed E-state index contributed by atoms with van der Waals surface area (Å²) in [4.78, 5) is 33.9. The maximum absolute atomic E-state index is 13.0. The van der Waals surface area contributed by atoms with Crippen molar-refractivity contribution in [2.24, 2.45) is 0 Å². The number of carbonyl (C=O) groups is 2. The Morgan fingerprint density at radius 1 is 1.10 bits per heavy atom. The van der Waals surface area contributed by atoms with E-state index < -0.39 is 15.8 Å². The third-order valence-electron chi connectivity index (χ3n) is 6.35. The molecule has 1 aromatic rings. The standard InChI is InChI=1S/C21H29N3O5S/c25-19(24(16-6-1-2-7-16)17-9-13-30(27,28)15-17)14-29-21(26)18-8-5-10-22-20(18)23-11-3-4-12-23/h5,8,10,16-17H,1-4,6-7,9,11-15H2/t17-/m1/s1. The second-order valence-corrected chi connectivity index (χ2v) is 10.7. The van der Waals surface area contributed by atoms with Gasteiger partial charge in [0.1, 0.15) is 11.4 Å². The Labute approximate surface area is 177 Å². The van der Waals surface area contributed by atoms with Crippen LogP contribution in [0.2, 0.25) is 0 Å². The topological polar surface area (TPSA) is 96.9 Å². The van der Waals surface area contributed by atoms with Gasteiger partial charge in [-0.2, -0.15) is 0 Å². The fourth-order valence-electron chi connectivity index (χ4n) is 4.90. The summed E-state index contributed by atoms with van der Waals surface area (Å²) in [6, 6.07) is 3.08. The monoisotopic (exact) mass is 435 g/mol. The first-order valence-electron chi connectivity index (χ1n) is 10.8. The Morgan fingerprint density at radius 3 is 2.50 bits per heavy atom. The van der Waals surface area contributed by atoms with E-state index in [9.17, 15) is 18.0 Å². The Kier molecular flexibility index (Phi) is 6.26. The average Bonchev–Trinajstić information content (AvgIpc) is 3.49. The number of hydrogen-bond donors (Lipinski definition) is 0. The minimum absolute atomic E-state index is 0.00486. The van der Waals surface area contributed by atoms with Crippen LogP contribution in [-0.2, 0) is 19.4 Å². The third-order valence-corrected chi connectivity index (χ3v) is 8.10. The van der Waals surface area contributed by atoms with Crippen molar-refractivity contribution in [1.82, 2.24) is 9.88 Å². The van der Waals surface area contributed by atoms with Crippen molar-refractivity contribution in [3.05, 3.63) is 23.9 Å². The van der Waals surface area contributed by atoms with Crippen molar-refractivity contribution >= 4 is 27.5 Å². The van der Waals surface area contributed by atoms with E-state index >= 15 is 0 Å². The van der Waals surface area contributed by atoms with Crippen LogP contribution in [0.5, 0.6) is 0 Å². The molecule has 0 aromatic carbocycles. The van der Waals surface area contributed by atoms with E-state index in [1.807, 2.05) is 0 Å². The number of sulfone groups is 1. The van der Waals surface area contributed by atoms with Gasteiger partial charge < -0.3 is 14.5 Å². The lowest BCUT2D eigenvalue weighted by molar-refractivity contribution is -0.139. The van der Waals surface area contributed by atoms with E-state index in [0.717, 1.165) is 51.6 Å². The van der Waals surface area contributed by atoms with Crippen LogP contribution in [0.25, 0.3) is 0 Å². The van der Waals surface area contributed by atoms with Gasteiger partial charge in [-0.15, -0.1) is 0 Å². The molecule has 8 nitrogen and oxygen atoms in total. The predicted octanol–water partition coefficient (Wildman–Crippen LogP) is 1.80. The van der Waals surface area contributed by atoms with E-state index in [1.165, 1.54) is 0 Å². The molecule has 0 unspecified atom stereocenters. The Bertz CT molecular complexity index is 892. The highest BCUT2D eigenvalue weighted by atomic mass is 32.2. The molecule has 9 heteroatoms. The predicted molar refractivity (Wildman–Crippen MR) is 112 cm³/mol. The molecule has 2 aliphatic heterocycles. The van der Waals surface area contributed by atoms with Gasteiger partial charge in [-0.25, -0.2) is 18.2 Å². The van der Waals surface area contributed by atoms with Crippen molar-refractivity contribution in [1.29, 1.82) is 0 Å². The van der Waals surface area contributed by atoms with Gasteiger partial charge in [-0.05, 0) is 44.2 Å². The molecule has 1 amide bonds. The van der Waals surface area contributed by atoms with Gasteiger partial charge in [0.2, 0.25) is 0 Å². The zero-order valence-corrected chi connectivity index (χ0v) is 18.0. The molecule has 1 aliphatic carbocycles. The molecule has 0 bridgehead atoms. The highest BCUT2D eigenvalue weighted by Gasteiger charge is 2.39. The van der Waals surface area contributed by atoms with Crippen molar-refractivity contribution in [2.75, 3.05) is 36.1 Å². The molecule has 0 N–H and O–H groups in total. The Hall–Kier alpha value is -2.16. The molecule has 0 spiro atoms. The lowest BCUT2D eigenvalue weighted by atomic mass is 10.1. The molecular weight excluding hydrogens is 406 g/mol. The van der Waals surface area contributed by atoms with E-state index in [-0.39, 0.29) is 36.1 Å². The first-order chi connectivity index (χ1) is 14.4. The first-order valence-corrected chi connectivity index (χ1v) is 12.7. The molecule has 1 atom stereocenters. The maximum Gasteiger partial charge on any atom is 0.342 e. The Morgan fingerprint density at radius 2 is 1.83 bits per heavy atom. The second-order valence-electron chi connectivity index (χ2n) is 8.44. The van der Waals surface area contributed by atoms with Gasteiger partial charge in [-0.1, -0.05) is 12.8 Å². The summed E-state index contributed by atoms with van der Waals surface area (Å²) in [5.41, 5.74) is 0.364. The summed E-state index contributed by atoms with van der Waals surface area (Å²) >= 11 is 0. The van der Waals surface area contributed by atoms with Crippen LogP contribution in [0.15, 0.2) is 18.3 Å².